The van der Waals surface area contributed by atoms with Crippen LogP contribution in [0.3, 0.4) is 0 Å². The number of benzene rings is 2. The summed E-state index contributed by atoms with van der Waals surface area (Å²) in [4.78, 5) is 26.9. The zero-order valence-corrected chi connectivity index (χ0v) is 17.0. The average Bonchev–Trinajstić information content (AvgIpc) is 2.74. The predicted molar refractivity (Wildman–Crippen MR) is 115 cm³/mol. The number of amidine groups is 1. The molecule has 8 nitrogen and oxygen atoms in total. The molecule has 8 heteroatoms. The fourth-order valence-corrected chi connectivity index (χ4v) is 3.21. The summed E-state index contributed by atoms with van der Waals surface area (Å²) < 4.78 is 5.43. The number of nitrogen functional groups attached to an aromatic ring is 1. The molecule has 1 aliphatic heterocycles. The quantitative estimate of drug-likeness (QED) is 0.427. The molecule has 2 atom stereocenters. The third kappa shape index (κ3) is 4.67. The number of nitrogens with zero attached hydrogens (tertiary/aromatic N) is 1. The zero-order chi connectivity index (χ0) is 21.8. The Morgan fingerprint density at radius 2 is 1.83 bits per heavy atom. The molecule has 1 aliphatic rings. The van der Waals surface area contributed by atoms with Gasteiger partial charge in [0, 0.05) is 23.5 Å². The van der Waals surface area contributed by atoms with Crippen molar-refractivity contribution in [2.24, 2.45) is 5.73 Å². The lowest BCUT2D eigenvalue weighted by molar-refractivity contribution is -0.150. The summed E-state index contributed by atoms with van der Waals surface area (Å²) in [7, 11) is 0. The van der Waals surface area contributed by atoms with E-state index in [1.54, 1.807) is 24.3 Å². The highest BCUT2D eigenvalue weighted by Crippen LogP contribution is 2.24. The van der Waals surface area contributed by atoms with E-state index >= 15 is 0 Å². The topological polar surface area (TPSA) is 129 Å². The van der Waals surface area contributed by atoms with E-state index in [2.05, 4.69) is 19.2 Å². The Hall–Kier alpha value is -3.23. The summed E-state index contributed by atoms with van der Waals surface area (Å²) >= 11 is 0. The van der Waals surface area contributed by atoms with Gasteiger partial charge in [0.05, 0.1) is 6.61 Å². The van der Waals surface area contributed by atoms with Crippen molar-refractivity contribution in [3.8, 4) is 0 Å². The zero-order valence-electron chi connectivity index (χ0n) is 17.0. The lowest BCUT2D eigenvalue weighted by Gasteiger charge is -2.34. The lowest BCUT2D eigenvalue weighted by atomic mass is 10.0. The van der Waals surface area contributed by atoms with E-state index in [0.29, 0.717) is 29.4 Å². The molecule has 0 aliphatic carbocycles. The average molecular weight is 410 g/mol. The molecule has 1 saturated heterocycles. The summed E-state index contributed by atoms with van der Waals surface area (Å²) in [6.45, 7) is 4.73. The van der Waals surface area contributed by atoms with Gasteiger partial charge in [0.1, 0.15) is 5.84 Å². The van der Waals surface area contributed by atoms with E-state index in [1.165, 1.54) is 4.90 Å². The van der Waals surface area contributed by atoms with Crippen LogP contribution in [0, 0.1) is 5.41 Å². The maximum atomic E-state index is 12.9. The molecule has 0 aromatic heterocycles. The summed E-state index contributed by atoms with van der Waals surface area (Å²) in [6, 6.07) is 13.9. The number of nitrogens with two attached hydrogens (primary N) is 1. The van der Waals surface area contributed by atoms with Crippen molar-refractivity contribution in [1.29, 1.82) is 5.41 Å². The minimum absolute atomic E-state index is 0.0874. The van der Waals surface area contributed by atoms with E-state index in [0.717, 1.165) is 5.56 Å². The highest BCUT2D eigenvalue weighted by molar-refractivity contribution is 6.04. The standard InChI is InChI=1S/C22H26N4O4/c1-13(2)14-5-9-17(10-6-14)26-11-12-30-19(22(26)29)18(27)21(28)25-16-7-3-15(4-8-16)20(23)24/h3-10,13,18-19,27H,11-12H2,1-2H3,(H3,23,24)(H,25,28)/t18-,19?/m1/s1. The van der Waals surface area contributed by atoms with Gasteiger partial charge in [0.25, 0.3) is 11.8 Å². The second kappa shape index (κ2) is 9.06. The Morgan fingerprint density at radius 1 is 1.20 bits per heavy atom. The number of hydrogen-bond acceptors (Lipinski definition) is 5. The van der Waals surface area contributed by atoms with Gasteiger partial charge >= 0.3 is 0 Å². The monoisotopic (exact) mass is 410 g/mol. The van der Waals surface area contributed by atoms with Crippen LogP contribution in [0.5, 0.6) is 0 Å². The van der Waals surface area contributed by atoms with Crippen LogP contribution in [-0.2, 0) is 14.3 Å². The SMILES string of the molecule is CC(C)c1ccc(N2CCOC([C@@H](O)C(=O)Nc3ccc(C(=N)N)cc3)C2=O)cc1. The Labute approximate surface area is 175 Å². The van der Waals surface area contributed by atoms with Crippen molar-refractivity contribution >= 4 is 29.0 Å². The first kappa shape index (κ1) is 21.5. The largest absolute Gasteiger partial charge is 0.384 e. The third-order valence-electron chi connectivity index (χ3n) is 5.01. The number of nitrogens with one attached hydrogen (secondary N) is 2. The minimum atomic E-state index is -1.66. The van der Waals surface area contributed by atoms with Crippen LogP contribution < -0.4 is 16.0 Å². The molecule has 2 aromatic rings. The molecule has 158 valence electrons. The van der Waals surface area contributed by atoms with Crippen molar-refractivity contribution < 1.29 is 19.4 Å². The molecule has 2 aromatic carbocycles. The second-order valence-electron chi connectivity index (χ2n) is 7.45. The summed E-state index contributed by atoms with van der Waals surface area (Å²) in [5, 5.41) is 20.4. The molecule has 1 heterocycles. The molecular formula is C22H26N4O4. The predicted octanol–water partition coefficient (Wildman–Crippen LogP) is 1.83. The van der Waals surface area contributed by atoms with Crippen LogP contribution in [0.25, 0.3) is 0 Å². The van der Waals surface area contributed by atoms with Gasteiger partial charge in [-0.1, -0.05) is 26.0 Å². The van der Waals surface area contributed by atoms with Crippen LogP contribution >= 0.6 is 0 Å². The molecule has 0 saturated carbocycles. The van der Waals surface area contributed by atoms with Crippen LogP contribution in [0.2, 0.25) is 0 Å². The maximum Gasteiger partial charge on any atom is 0.259 e. The fraction of sp³-hybridized carbons (Fsp3) is 0.318. The molecule has 5 N–H and O–H groups in total. The number of aliphatic hydroxyl groups is 1. The molecule has 0 radical (unpaired) electrons. The number of rotatable bonds is 6. The molecular weight excluding hydrogens is 384 g/mol. The van der Waals surface area contributed by atoms with Crippen LogP contribution in [-0.4, -0.2) is 48.1 Å². The van der Waals surface area contributed by atoms with E-state index in [4.69, 9.17) is 15.9 Å². The highest BCUT2D eigenvalue weighted by atomic mass is 16.5. The first-order valence-corrected chi connectivity index (χ1v) is 9.74. The van der Waals surface area contributed by atoms with Crippen molar-refractivity contribution in [3.63, 3.8) is 0 Å². The number of carbonyl (C=O) groups is 2. The smallest absolute Gasteiger partial charge is 0.259 e. The molecule has 3 rings (SSSR count). The Kier molecular flexibility index (Phi) is 6.49. The van der Waals surface area contributed by atoms with Crippen LogP contribution in [0.15, 0.2) is 48.5 Å². The van der Waals surface area contributed by atoms with Gasteiger partial charge in [-0.2, -0.15) is 0 Å². The van der Waals surface area contributed by atoms with Gasteiger partial charge in [-0.3, -0.25) is 15.0 Å². The number of hydrogen-bond donors (Lipinski definition) is 4. The molecule has 30 heavy (non-hydrogen) atoms. The van der Waals surface area contributed by atoms with Crippen molar-refractivity contribution in [1.82, 2.24) is 0 Å². The van der Waals surface area contributed by atoms with Gasteiger partial charge in [0.2, 0.25) is 0 Å². The van der Waals surface area contributed by atoms with E-state index < -0.39 is 24.0 Å². The lowest BCUT2D eigenvalue weighted by Crippen LogP contribution is -2.55. The minimum Gasteiger partial charge on any atom is -0.384 e. The second-order valence-corrected chi connectivity index (χ2v) is 7.45. The van der Waals surface area contributed by atoms with Crippen molar-refractivity contribution in [2.75, 3.05) is 23.4 Å². The normalized spacial score (nSPS) is 17.7. The first-order chi connectivity index (χ1) is 14.3. The number of aliphatic hydroxyl groups excluding tert-OH is 1. The van der Waals surface area contributed by atoms with Gasteiger partial charge in [0.15, 0.2) is 12.2 Å². The van der Waals surface area contributed by atoms with Crippen molar-refractivity contribution in [2.45, 2.75) is 32.0 Å². The Balaban J connectivity index is 1.68. The number of ether oxygens (including phenoxy) is 1. The van der Waals surface area contributed by atoms with Gasteiger partial charge in [-0.15, -0.1) is 0 Å². The summed E-state index contributed by atoms with van der Waals surface area (Å²) in [6.07, 6.45) is -2.96. The van der Waals surface area contributed by atoms with Gasteiger partial charge in [-0.05, 0) is 47.9 Å². The maximum absolute atomic E-state index is 12.9. The van der Waals surface area contributed by atoms with Crippen LogP contribution in [0.1, 0.15) is 30.9 Å². The Morgan fingerprint density at radius 3 is 2.40 bits per heavy atom. The molecule has 1 unspecified atom stereocenters. The third-order valence-corrected chi connectivity index (χ3v) is 5.01. The number of carbonyl (C=O) groups excluding carboxylic acids is 2. The van der Waals surface area contributed by atoms with E-state index in [1.807, 2.05) is 24.3 Å². The Bertz CT molecular complexity index is 925. The van der Waals surface area contributed by atoms with Crippen LogP contribution in [0.4, 0.5) is 11.4 Å². The first-order valence-electron chi connectivity index (χ1n) is 9.74. The molecule has 0 bridgehead atoms. The van der Waals surface area contributed by atoms with Gasteiger partial charge < -0.3 is 25.8 Å². The van der Waals surface area contributed by atoms with Crippen molar-refractivity contribution in [3.05, 3.63) is 59.7 Å². The highest BCUT2D eigenvalue weighted by Gasteiger charge is 2.39. The van der Waals surface area contributed by atoms with E-state index in [-0.39, 0.29) is 12.4 Å². The number of anilines is 2. The van der Waals surface area contributed by atoms with Gasteiger partial charge in [-0.25, -0.2) is 0 Å². The summed E-state index contributed by atoms with van der Waals surface area (Å²) in [5.41, 5.74) is 8.19. The summed E-state index contributed by atoms with van der Waals surface area (Å²) in [5.74, 6) is -0.924. The molecule has 1 fully saturated rings. The number of morpholine rings is 1. The number of amides is 2. The van der Waals surface area contributed by atoms with E-state index in [9.17, 15) is 14.7 Å². The fourth-order valence-electron chi connectivity index (χ4n) is 3.21. The molecule has 2 amide bonds. The molecule has 0 spiro atoms.